The van der Waals surface area contributed by atoms with Gasteiger partial charge in [-0.15, -0.1) is 0 Å². The van der Waals surface area contributed by atoms with Crippen molar-refractivity contribution in [3.63, 3.8) is 0 Å². The van der Waals surface area contributed by atoms with Gasteiger partial charge in [-0.3, -0.25) is 9.78 Å². The average Bonchev–Trinajstić information content (AvgIpc) is 3.02. The van der Waals surface area contributed by atoms with Crippen LogP contribution in [0.15, 0.2) is 41.1 Å². The van der Waals surface area contributed by atoms with Crippen molar-refractivity contribution in [2.24, 2.45) is 0 Å². The second-order valence-electron chi connectivity index (χ2n) is 6.04. The molecule has 0 spiro atoms. The molecule has 3 heterocycles. The van der Waals surface area contributed by atoms with Gasteiger partial charge in [0.1, 0.15) is 0 Å². The summed E-state index contributed by atoms with van der Waals surface area (Å²) < 4.78 is 20.1. The van der Waals surface area contributed by atoms with Gasteiger partial charge in [0.15, 0.2) is 11.6 Å². The molecule has 8 heteroatoms. The SMILES string of the molecule is COc1c(F)cccc1Nc1c(-c2ccncc2Br)[nH]c2c1C(=O)NCC2. The molecule has 0 bridgehead atoms. The Morgan fingerprint density at radius 1 is 1.33 bits per heavy atom. The lowest BCUT2D eigenvalue weighted by molar-refractivity contribution is 0.0947. The van der Waals surface area contributed by atoms with Crippen molar-refractivity contribution >= 4 is 33.2 Å². The molecule has 0 aliphatic carbocycles. The third kappa shape index (κ3) is 3.06. The van der Waals surface area contributed by atoms with Crippen LogP contribution in [-0.2, 0) is 6.42 Å². The maximum absolute atomic E-state index is 14.1. The number of nitrogens with zero attached hydrogens (tertiary/aromatic N) is 1. The summed E-state index contributed by atoms with van der Waals surface area (Å²) in [5, 5.41) is 6.05. The number of fused-ring (bicyclic) bond motifs is 1. The van der Waals surface area contributed by atoms with Crippen molar-refractivity contribution in [2.75, 3.05) is 19.0 Å². The number of aromatic nitrogens is 2. The van der Waals surface area contributed by atoms with Gasteiger partial charge in [0.05, 0.1) is 29.7 Å². The normalized spacial score (nSPS) is 13.1. The molecule has 1 amide bonds. The number of nitrogens with one attached hydrogen (secondary N) is 3. The lowest BCUT2D eigenvalue weighted by Gasteiger charge is -2.16. The summed E-state index contributed by atoms with van der Waals surface area (Å²) in [7, 11) is 1.41. The fraction of sp³-hybridized carbons (Fsp3) is 0.158. The first-order valence-corrected chi connectivity index (χ1v) is 9.12. The number of halogens is 2. The Kier molecular flexibility index (Phi) is 4.57. The molecule has 138 valence electrons. The smallest absolute Gasteiger partial charge is 0.255 e. The zero-order valence-corrected chi connectivity index (χ0v) is 16.0. The largest absolute Gasteiger partial charge is 0.492 e. The number of pyridine rings is 1. The first kappa shape index (κ1) is 17.5. The van der Waals surface area contributed by atoms with E-state index in [1.165, 1.54) is 13.2 Å². The maximum Gasteiger partial charge on any atom is 0.255 e. The van der Waals surface area contributed by atoms with E-state index < -0.39 is 5.82 Å². The van der Waals surface area contributed by atoms with Crippen molar-refractivity contribution in [3.05, 3.63) is 58.2 Å². The molecule has 0 saturated heterocycles. The Hall–Kier alpha value is -2.87. The summed E-state index contributed by atoms with van der Waals surface area (Å²) in [6.45, 7) is 0.562. The minimum atomic E-state index is -0.483. The molecular weight excluding hydrogens is 415 g/mol. The van der Waals surface area contributed by atoms with Crippen LogP contribution in [-0.4, -0.2) is 29.5 Å². The summed E-state index contributed by atoms with van der Waals surface area (Å²) >= 11 is 3.51. The zero-order chi connectivity index (χ0) is 19.0. The average molecular weight is 431 g/mol. The van der Waals surface area contributed by atoms with Gasteiger partial charge < -0.3 is 20.4 Å². The molecule has 1 aliphatic rings. The number of benzene rings is 1. The van der Waals surface area contributed by atoms with Gasteiger partial charge in [-0.05, 0) is 34.1 Å². The molecule has 3 aromatic rings. The predicted octanol–water partition coefficient (Wildman–Crippen LogP) is 4.02. The van der Waals surface area contributed by atoms with E-state index in [1.807, 2.05) is 6.07 Å². The first-order chi connectivity index (χ1) is 13.1. The third-order valence-corrected chi connectivity index (χ3v) is 5.07. The van der Waals surface area contributed by atoms with Crippen LogP contribution in [0.1, 0.15) is 16.1 Å². The molecule has 6 nitrogen and oxygen atoms in total. The number of hydrogen-bond acceptors (Lipinski definition) is 4. The van der Waals surface area contributed by atoms with Gasteiger partial charge >= 0.3 is 0 Å². The van der Waals surface area contributed by atoms with Gasteiger partial charge in [-0.2, -0.15) is 0 Å². The topological polar surface area (TPSA) is 79.0 Å². The Bertz CT molecular complexity index is 1030. The number of amides is 1. The van der Waals surface area contributed by atoms with E-state index in [1.54, 1.807) is 24.5 Å². The van der Waals surface area contributed by atoms with E-state index in [4.69, 9.17) is 4.74 Å². The van der Waals surface area contributed by atoms with Crippen molar-refractivity contribution in [3.8, 4) is 17.0 Å². The number of aromatic amines is 1. The molecule has 1 aliphatic heterocycles. The van der Waals surface area contributed by atoms with Crippen LogP contribution >= 0.6 is 15.9 Å². The molecular formula is C19H16BrFN4O2. The van der Waals surface area contributed by atoms with Crippen LogP contribution < -0.4 is 15.4 Å². The fourth-order valence-electron chi connectivity index (χ4n) is 3.23. The highest BCUT2D eigenvalue weighted by molar-refractivity contribution is 9.10. The first-order valence-electron chi connectivity index (χ1n) is 8.32. The van der Waals surface area contributed by atoms with Gasteiger partial charge in [0.2, 0.25) is 0 Å². The van der Waals surface area contributed by atoms with Crippen molar-refractivity contribution in [1.29, 1.82) is 0 Å². The van der Waals surface area contributed by atoms with Gasteiger partial charge in [-0.1, -0.05) is 6.07 Å². The minimum Gasteiger partial charge on any atom is -0.492 e. The molecule has 3 N–H and O–H groups in total. The Labute approximate surface area is 163 Å². The molecule has 4 rings (SSSR count). The van der Waals surface area contributed by atoms with Gasteiger partial charge in [0.25, 0.3) is 5.91 Å². The Balaban J connectivity index is 1.91. The molecule has 0 unspecified atom stereocenters. The van der Waals surface area contributed by atoms with Crippen LogP contribution in [0, 0.1) is 5.82 Å². The van der Waals surface area contributed by atoms with E-state index in [0.29, 0.717) is 29.9 Å². The number of hydrogen-bond donors (Lipinski definition) is 3. The molecule has 0 saturated carbocycles. The molecule has 0 fully saturated rings. The third-order valence-electron chi connectivity index (χ3n) is 4.44. The Morgan fingerprint density at radius 3 is 2.96 bits per heavy atom. The van der Waals surface area contributed by atoms with E-state index >= 15 is 0 Å². The maximum atomic E-state index is 14.1. The van der Waals surface area contributed by atoms with Crippen molar-refractivity contribution in [2.45, 2.75) is 6.42 Å². The number of H-pyrrole nitrogens is 1. The zero-order valence-electron chi connectivity index (χ0n) is 14.4. The molecule has 0 radical (unpaired) electrons. The quantitative estimate of drug-likeness (QED) is 0.583. The van der Waals surface area contributed by atoms with Crippen LogP contribution in [0.4, 0.5) is 15.8 Å². The number of carbonyl (C=O) groups excluding carboxylic acids is 1. The molecule has 2 aromatic heterocycles. The highest BCUT2D eigenvalue weighted by Crippen LogP contribution is 2.41. The lowest BCUT2D eigenvalue weighted by Crippen LogP contribution is -2.31. The predicted molar refractivity (Wildman–Crippen MR) is 104 cm³/mol. The van der Waals surface area contributed by atoms with Crippen LogP contribution in [0.5, 0.6) is 5.75 Å². The second-order valence-corrected chi connectivity index (χ2v) is 6.89. The molecule has 1 aromatic carbocycles. The van der Waals surface area contributed by atoms with Gasteiger partial charge in [-0.25, -0.2) is 4.39 Å². The van der Waals surface area contributed by atoms with Crippen molar-refractivity contribution < 1.29 is 13.9 Å². The number of para-hydroxylation sites is 1. The van der Waals surface area contributed by atoms with E-state index in [2.05, 4.69) is 36.5 Å². The summed E-state index contributed by atoms with van der Waals surface area (Å²) in [5.74, 6) is -0.576. The monoisotopic (exact) mass is 430 g/mol. The summed E-state index contributed by atoms with van der Waals surface area (Å²) in [6, 6.07) is 6.45. The molecule has 27 heavy (non-hydrogen) atoms. The highest BCUT2D eigenvalue weighted by Gasteiger charge is 2.28. The second kappa shape index (κ2) is 7.03. The van der Waals surface area contributed by atoms with Crippen molar-refractivity contribution in [1.82, 2.24) is 15.3 Å². The van der Waals surface area contributed by atoms with Crippen LogP contribution in [0.3, 0.4) is 0 Å². The Morgan fingerprint density at radius 2 is 2.19 bits per heavy atom. The summed E-state index contributed by atoms with van der Waals surface area (Å²) in [6.07, 6.45) is 4.03. The number of anilines is 2. The number of carbonyl (C=O) groups is 1. The van der Waals surface area contributed by atoms with Gasteiger partial charge in [0, 0.05) is 41.1 Å². The molecule has 0 atom stereocenters. The number of methoxy groups -OCH3 is 1. The fourth-order valence-corrected chi connectivity index (χ4v) is 3.68. The number of rotatable bonds is 4. The van der Waals surface area contributed by atoms with E-state index in [9.17, 15) is 9.18 Å². The van der Waals surface area contributed by atoms with E-state index in [-0.39, 0.29) is 11.7 Å². The summed E-state index contributed by atoms with van der Waals surface area (Å²) in [4.78, 5) is 20.0. The minimum absolute atomic E-state index is 0.0865. The highest BCUT2D eigenvalue weighted by atomic mass is 79.9. The van der Waals surface area contributed by atoms with E-state index in [0.717, 1.165) is 21.4 Å². The number of ether oxygens (including phenoxy) is 1. The standard InChI is InChI=1S/C19H16BrFN4O2/c1-27-18-12(21)3-2-4-14(18)25-17-15-13(6-8-23-19(15)26)24-16(17)10-5-7-22-9-11(10)20/h2-5,7,9,24-25H,6,8H2,1H3,(H,23,26). The lowest BCUT2D eigenvalue weighted by atomic mass is 10.1. The van der Waals surface area contributed by atoms with Crippen LogP contribution in [0.2, 0.25) is 0 Å². The van der Waals surface area contributed by atoms with Crippen LogP contribution in [0.25, 0.3) is 11.3 Å². The summed E-state index contributed by atoms with van der Waals surface area (Å²) in [5.41, 5.74) is 3.91.